The molecular weight excluding hydrogens is 333 g/mol. The molecule has 2 aromatic heterocycles. The summed E-state index contributed by atoms with van der Waals surface area (Å²) in [5.41, 5.74) is 7.14. The Balaban J connectivity index is 2.00. The molecular formula is C13H9BrFNS2. The molecule has 3 rings (SSSR count). The molecule has 1 atom stereocenters. The van der Waals surface area contributed by atoms with Crippen LogP contribution in [0.15, 0.2) is 40.2 Å². The van der Waals surface area contributed by atoms with Gasteiger partial charge in [0, 0.05) is 14.3 Å². The minimum Gasteiger partial charge on any atom is -0.320 e. The van der Waals surface area contributed by atoms with E-state index in [4.69, 9.17) is 5.73 Å². The van der Waals surface area contributed by atoms with Gasteiger partial charge in [0.1, 0.15) is 5.82 Å². The summed E-state index contributed by atoms with van der Waals surface area (Å²) < 4.78 is 16.2. The zero-order chi connectivity index (χ0) is 12.7. The quantitative estimate of drug-likeness (QED) is 0.703. The minimum atomic E-state index is -0.266. The van der Waals surface area contributed by atoms with Crippen molar-refractivity contribution in [1.29, 1.82) is 0 Å². The SMILES string of the molecule is NC(c1ccc(F)c(Br)c1)c1cc2sccc2s1. The number of rotatable bonds is 2. The third-order valence-corrected chi connectivity index (χ3v) is 5.55. The highest BCUT2D eigenvalue weighted by Crippen LogP contribution is 2.35. The normalized spacial score (nSPS) is 13.1. The Labute approximate surface area is 120 Å². The van der Waals surface area contributed by atoms with E-state index in [9.17, 15) is 4.39 Å². The second-order valence-corrected chi connectivity index (χ2v) is 6.87. The van der Waals surface area contributed by atoms with Crippen LogP contribution in [0.3, 0.4) is 0 Å². The van der Waals surface area contributed by atoms with Gasteiger partial charge in [-0.2, -0.15) is 0 Å². The molecule has 2 N–H and O–H groups in total. The molecule has 2 heterocycles. The highest BCUT2D eigenvalue weighted by molar-refractivity contribution is 9.10. The average Bonchev–Trinajstić information content (AvgIpc) is 2.92. The number of halogens is 2. The van der Waals surface area contributed by atoms with Crippen molar-refractivity contribution in [2.24, 2.45) is 5.73 Å². The number of hydrogen-bond acceptors (Lipinski definition) is 3. The Morgan fingerprint density at radius 2 is 2.00 bits per heavy atom. The number of thiophene rings is 2. The maximum absolute atomic E-state index is 13.2. The molecule has 0 aliphatic heterocycles. The zero-order valence-corrected chi connectivity index (χ0v) is 12.4. The fraction of sp³-hybridized carbons (Fsp3) is 0.0769. The van der Waals surface area contributed by atoms with Gasteiger partial charge in [-0.15, -0.1) is 22.7 Å². The molecule has 18 heavy (non-hydrogen) atoms. The number of fused-ring (bicyclic) bond motifs is 1. The van der Waals surface area contributed by atoms with Gasteiger partial charge in [-0.1, -0.05) is 6.07 Å². The highest BCUT2D eigenvalue weighted by Gasteiger charge is 2.14. The van der Waals surface area contributed by atoms with Crippen molar-refractivity contribution in [2.45, 2.75) is 6.04 Å². The van der Waals surface area contributed by atoms with Crippen molar-refractivity contribution in [3.63, 3.8) is 0 Å². The summed E-state index contributed by atoms with van der Waals surface area (Å²) in [6, 6.07) is 8.93. The lowest BCUT2D eigenvalue weighted by Gasteiger charge is -2.10. The van der Waals surface area contributed by atoms with Crippen molar-refractivity contribution in [1.82, 2.24) is 0 Å². The van der Waals surface area contributed by atoms with E-state index >= 15 is 0 Å². The molecule has 1 nitrogen and oxygen atoms in total. The van der Waals surface area contributed by atoms with Crippen molar-refractivity contribution in [3.05, 3.63) is 56.4 Å². The highest BCUT2D eigenvalue weighted by atomic mass is 79.9. The summed E-state index contributed by atoms with van der Waals surface area (Å²) in [5, 5.41) is 2.07. The molecule has 92 valence electrons. The van der Waals surface area contributed by atoms with E-state index in [1.807, 2.05) is 0 Å². The third-order valence-electron chi connectivity index (χ3n) is 2.77. The zero-order valence-electron chi connectivity index (χ0n) is 9.19. The van der Waals surface area contributed by atoms with Gasteiger partial charge in [-0.25, -0.2) is 4.39 Å². The second kappa shape index (κ2) is 4.74. The molecule has 0 aliphatic carbocycles. The molecule has 0 saturated heterocycles. The summed E-state index contributed by atoms with van der Waals surface area (Å²) in [7, 11) is 0. The summed E-state index contributed by atoms with van der Waals surface area (Å²) >= 11 is 6.59. The third kappa shape index (κ3) is 2.12. The summed E-state index contributed by atoms with van der Waals surface area (Å²) in [6.07, 6.45) is 0. The van der Waals surface area contributed by atoms with Crippen molar-refractivity contribution < 1.29 is 4.39 Å². The maximum atomic E-state index is 13.2. The lowest BCUT2D eigenvalue weighted by molar-refractivity contribution is 0.619. The predicted molar refractivity (Wildman–Crippen MR) is 79.8 cm³/mol. The van der Waals surface area contributed by atoms with Gasteiger partial charge < -0.3 is 5.73 Å². The van der Waals surface area contributed by atoms with Gasteiger partial charge in [0.05, 0.1) is 10.5 Å². The Morgan fingerprint density at radius 1 is 1.17 bits per heavy atom. The monoisotopic (exact) mass is 341 g/mol. The first-order valence-electron chi connectivity index (χ1n) is 5.32. The van der Waals surface area contributed by atoms with Gasteiger partial charge in [0.15, 0.2) is 0 Å². The van der Waals surface area contributed by atoms with Crippen molar-refractivity contribution >= 4 is 48.0 Å². The average molecular weight is 342 g/mol. The van der Waals surface area contributed by atoms with Crippen LogP contribution in [0.5, 0.6) is 0 Å². The molecule has 3 aromatic rings. The molecule has 5 heteroatoms. The van der Waals surface area contributed by atoms with Crippen LogP contribution in [0.2, 0.25) is 0 Å². The van der Waals surface area contributed by atoms with Crippen LogP contribution < -0.4 is 5.73 Å². The van der Waals surface area contributed by atoms with E-state index < -0.39 is 0 Å². The van der Waals surface area contributed by atoms with Crippen LogP contribution in [0.1, 0.15) is 16.5 Å². The second-order valence-electron chi connectivity index (χ2n) is 3.95. The Morgan fingerprint density at radius 3 is 2.72 bits per heavy atom. The number of nitrogens with two attached hydrogens (primary N) is 1. The topological polar surface area (TPSA) is 26.0 Å². The van der Waals surface area contributed by atoms with Crippen LogP contribution in [-0.4, -0.2) is 0 Å². The molecule has 0 amide bonds. The predicted octanol–water partition coefficient (Wildman–Crippen LogP) is 4.91. The van der Waals surface area contributed by atoms with E-state index in [1.165, 1.54) is 15.5 Å². The largest absolute Gasteiger partial charge is 0.320 e. The Hall–Kier alpha value is -0.750. The van der Waals surface area contributed by atoms with Crippen LogP contribution in [0, 0.1) is 5.82 Å². The summed E-state index contributed by atoms with van der Waals surface area (Å²) in [5.74, 6) is -0.266. The molecule has 0 saturated carbocycles. The smallest absolute Gasteiger partial charge is 0.137 e. The Bertz CT molecular complexity index is 675. The molecule has 0 aliphatic rings. The number of hydrogen-bond donors (Lipinski definition) is 1. The molecule has 0 bridgehead atoms. The van der Waals surface area contributed by atoms with Crippen LogP contribution >= 0.6 is 38.6 Å². The van der Waals surface area contributed by atoms with Gasteiger partial charge in [0.25, 0.3) is 0 Å². The van der Waals surface area contributed by atoms with E-state index in [1.54, 1.807) is 34.8 Å². The van der Waals surface area contributed by atoms with Gasteiger partial charge in [-0.05, 0) is 51.1 Å². The summed E-state index contributed by atoms with van der Waals surface area (Å²) in [6.45, 7) is 0. The molecule has 0 radical (unpaired) electrons. The maximum Gasteiger partial charge on any atom is 0.137 e. The first kappa shape index (κ1) is 12.3. The molecule has 0 spiro atoms. The van der Waals surface area contributed by atoms with Gasteiger partial charge >= 0.3 is 0 Å². The van der Waals surface area contributed by atoms with E-state index in [2.05, 4.69) is 33.4 Å². The van der Waals surface area contributed by atoms with Gasteiger partial charge in [0.2, 0.25) is 0 Å². The molecule has 0 fully saturated rings. The first-order chi connectivity index (χ1) is 8.65. The van der Waals surface area contributed by atoms with Crippen molar-refractivity contribution in [2.75, 3.05) is 0 Å². The summed E-state index contributed by atoms with van der Waals surface area (Å²) in [4.78, 5) is 1.11. The van der Waals surface area contributed by atoms with Crippen LogP contribution in [0.25, 0.3) is 9.40 Å². The Kier molecular flexibility index (Phi) is 3.23. The fourth-order valence-corrected chi connectivity index (χ4v) is 4.35. The fourth-order valence-electron chi connectivity index (χ4n) is 1.81. The van der Waals surface area contributed by atoms with Crippen molar-refractivity contribution in [3.8, 4) is 0 Å². The lowest BCUT2D eigenvalue weighted by atomic mass is 10.1. The molecule has 1 unspecified atom stereocenters. The first-order valence-corrected chi connectivity index (χ1v) is 7.81. The lowest BCUT2D eigenvalue weighted by Crippen LogP contribution is -2.10. The van der Waals surface area contributed by atoms with Crippen LogP contribution in [-0.2, 0) is 0 Å². The minimum absolute atomic E-state index is 0.202. The molecule has 1 aromatic carbocycles. The van der Waals surface area contributed by atoms with Crippen LogP contribution in [0.4, 0.5) is 4.39 Å². The van der Waals surface area contributed by atoms with E-state index in [0.29, 0.717) is 4.47 Å². The van der Waals surface area contributed by atoms with E-state index in [-0.39, 0.29) is 11.9 Å². The standard InChI is InChI=1S/C13H9BrFNS2/c14-8-5-7(1-2-9(8)15)13(16)12-6-11-10(18-12)3-4-17-11/h1-6,13H,16H2. The van der Waals surface area contributed by atoms with E-state index in [0.717, 1.165) is 10.4 Å². The van der Waals surface area contributed by atoms with Gasteiger partial charge in [-0.3, -0.25) is 0 Å². The number of benzene rings is 1.